The summed E-state index contributed by atoms with van der Waals surface area (Å²) in [5.41, 5.74) is 6.23. The van der Waals surface area contributed by atoms with Crippen LogP contribution in [0, 0.1) is 5.92 Å². The van der Waals surface area contributed by atoms with Crippen LogP contribution in [0.3, 0.4) is 0 Å². The van der Waals surface area contributed by atoms with Crippen molar-refractivity contribution in [1.29, 1.82) is 0 Å². The minimum Gasteiger partial charge on any atom is -0.492 e. The summed E-state index contributed by atoms with van der Waals surface area (Å²) in [4.78, 5) is 0. The standard InChI is InChI=1S/C10H13ClN2O/c11-9-3-8(12)1-2-10(9)14-6-7-4-13-5-7/h1-3,7,13H,4-6,12H2. The fraction of sp³-hybridized carbons (Fsp3) is 0.400. The molecule has 0 atom stereocenters. The first-order valence-electron chi connectivity index (χ1n) is 4.64. The zero-order valence-electron chi connectivity index (χ0n) is 7.79. The zero-order chi connectivity index (χ0) is 9.97. The maximum absolute atomic E-state index is 5.95. The topological polar surface area (TPSA) is 47.3 Å². The van der Waals surface area contributed by atoms with Gasteiger partial charge in [-0.1, -0.05) is 11.6 Å². The number of rotatable bonds is 3. The van der Waals surface area contributed by atoms with Crippen molar-refractivity contribution in [2.24, 2.45) is 5.92 Å². The van der Waals surface area contributed by atoms with Gasteiger partial charge >= 0.3 is 0 Å². The summed E-state index contributed by atoms with van der Waals surface area (Å²) >= 11 is 5.95. The molecular formula is C10H13ClN2O. The highest BCUT2D eigenvalue weighted by Gasteiger charge is 2.17. The fourth-order valence-electron chi connectivity index (χ4n) is 1.31. The Labute approximate surface area is 88.2 Å². The Bertz CT molecular complexity index is 326. The van der Waals surface area contributed by atoms with Crippen LogP contribution < -0.4 is 15.8 Å². The first-order valence-corrected chi connectivity index (χ1v) is 5.02. The number of hydrogen-bond donors (Lipinski definition) is 2. The lowest BCUT2D eigenvalue weighted by molar-refractivity contribution is 0.199. The van der Waals surface area contributed by atoms with Gasteiger partial charge in [-0.3, -0.25) is 0 Å². The Morgan fingerprint density at radius 1 is 1.50 bits per heavy atom. The van der Waals surface area contributed by atoms with E-state index in [4.69, 9.17) is 22.1 Å². The highest BCUT2D eigenvalue weighted by Crippen LogP contribution is 2.26. The van der Waals surface area contributed by atoms with Gasteiger partial charge in [0.1, 0.15) is 5.75 Å². The van der Waals surface area contributed by atoms with Crippen molar-refractivity contribution in [2.45, 2.75) is 0 Å². The van der Waals surface area contributed by atoms with Crippen molar-refractivity contribution < 1.29 is 4.74 Å². The molecule has 1 aromatic carbocycles. The van der Waals surface area contributed by atoms with Gasteiger partial charge in [-0.15, -0.1) is 0 Å². The molecule has 0 unspecified atom stereocenters. The van der Waals surface area contributed by atoms with E-state index in [1.807, 2.05) is 6.07 Å². The van der Waals surface area contributed by atoms with Crippen molar-refractivity contribution in [3.05, 3.63) is 23.2 Å². The maximum Gasteiger partial charge on any atom is 0.138 e. The average molecular weight is 213 g/mol. The zero-order valence-corrected chi connectivity index (χ0v) is 8.55. The van der Waals surface area contributed by atoms with Crippen LogP contribution in [0.25, 0.3) is 0 Å². The van der Waals surface area contributed by atoms with E-state index in [9.17, 15) is 0 Å². The van der Waals surface area contributed by atoms with E-state index in [2.05, 4.69) is 5.32 Å². The van der Waals surface area contributed by atoms with Crippen LogP contribution in [0.15, 0.2) is 18.2 Å². The number of nitrogens with two attached hydrogens (primary N) is 1. The van der Waals surface area contributed by atoms with Crippen LogP contribution in [0.1, 0.15) is 0 Å². The lowest BCUT2D eigenvalue weighted by atomic mass is 10.1. The molecular weight excluding hydrogens is 200 g/mol. The van der Waals surface area contributed by atoms with Crippen LogP contribution in [-0.2, 0) is 0 Å². The summed E-state index contributed by atoms with van der Waals surface area (Å²) in [7, 11) is 0. The van der Waals surface area contributed by atoms with Gasteiger partial charge in [-0.05, 0) is 18.2 Å². The van der Waals surface area contributed by atoms with Crippen molar-refractivity contribution >= 4 is 17.3 Å². The predicted octanol–water partition coefficient (Wildman–Crippen LogP) is 1.52. The summed E-state index contributed by atoms with van der Waals surface area (Å²) in [6.07, 6.45) is 0. The molecule has 1 aromatic rings. The molecule has 1 aliphatic rings. The van der Waals surface area contributed by atoms with E-state index in [0.29, 0.717) is 22.4 Å². The predicted molar refractivity (Wildman–Crippen MR) is 57.7 cm³/mol. The second kappa shape index (κ2) is 4.07. The van der Waals surface area contributed by atoms with Crippen molar-refractivity contribution in [2.75, 3.05) is 25.4 Å². The van der Waals surface area contributed by atoms with Gasteiger partial charge in [0.2, 0.25) is 0 Å². The Morgan fingerprint density at radius 3 is 2.86 bits per heavy atom. The molecule has 1 heterocycles. The molecule has 0 saturated carbocycles. The van der Waals surface area contributed by atoms with Gasteiger partial charge in [-0.25, -0.2) is 0 Å². The molecule has 0 spiro atoms. The van der Waals surface area contributed by atoms with Gasteiger partial charge in [0.05, 0.1) is 11.6 Å². The molecule has 0 aromatic heterocycles. The van der Waals surface area contributed by atoms with Gasteiger partial charge in [0.15, 0.2) is 0 Å². The lowest BCUT2D eigenvalue weighted by Crippen LogP contribution is -2.45. The summed E-state index contributed by atoms with van der Waals surface area (Å²) in [5, 5.41) is 3.77. The second-order valence-electron chi connectivity index (χ2n) is 3.53. The summed E-state index contributed by atoms with van der Waals surface area (Å²) in [6, 6.07) is 5.31. The van der Waals surface area contributed by atoms with E-state index in [1.165, 1.54) is 0 Å². The summed E-state index contributed by atoms with van der Waals surface area (Å²) in [5.74, 6) is 1.33. The molecule has 3 nitrogen and oxygen atoms in total. The van der Waals surface area contributed by atoms with Gasteiger partial charge in [0, 0.05) is 24.7 Å². The third-order valence-electron chi connectivity index (χ3n) is 2.30. The van der Waals surface area contributed by atoms with Crippen LogP contribution in [0.5, 0.6) is 5.75 Å². The largest absolute Gasteiger partial charge is 0.492 e. The first-order chi connectivity index (χ1) is 6.75. The molecule has 0 radical (unpaired) electrons. The van der Waals surface area contributed by atoms with E-state index in [-0.39, 0.29) is 0 Å². The van der Waals surface area contributed by atoms with Crippen LogP contribution in [-0.4, -0.2) is 19.7 Å². The first kappa shape index (κ1) is 9.62. The molecule has 14 heavy (non-hydrogen) atoms. The Kier molecular flexibility index (Phi) is 2.79. The Morgan fingerprint density at radius 2 is 2.29 bits per heavy atom. The fourth-order valence-corrected chi connectivity index (χ4v) is 1.55. The third kappa shape index (κ3) is 2.11. The Balaban J connectivity index is 1.94. The number of halogens is 1. The Hall–Kier alpha value is -0.930. The average Bonchev–Trinajstić information content (AvgIpc) is 2.05. The van der Waals surface area contributed by atoms with Crippen LogP contribution in [0.4, 0.5) is 5.69 Å². The van der Waals surface area contributed by atoms with E-state index in [1.54, 1.807) is 12.1 Å². The van der Waals surface area contributed by atoms with Gasteiger partial charge in [-0.2, -0.15) is 0 Å². The highest BCUT2D eigenvalue weighted by atomic mass is 35.5. The van der Waals surface area contributed by atoms with Crippen LogP contribution >= 0.6 is 11.6 Å². The van der Waals surface area contributed by atoms with Gasteiger partial charge in [0.25, 0.3) is 0 Å². The minimum atomic E-state index is 0.581. The smallest absolute Gasteiger partial charge is 0.138 e. The molecule has 0 amide bonds. The molecule has 1 fully saturated rings. The van der Waals surface area contributed by atoms with E-state index in [0.717, 1.165) is 19.7 Å². The third-order valence-corrected chi connectivity index (χ3v) is 2.59. The highest BCUT2D eigenvalue weighted by molar-refractivity contribution is 6.32. The summed E-state index contributed by atoms with van der Waals surface area (Å²) < 4.78 is 5.57. The molecule has 3 N–H and O–H groups in total. The van der Waals surface area contributed by atoms with E-state index < -0.39 is 0 Å². The minimum absolute atomic E-state index is 0.581. The van der Waals surface area contributed by atoms with Crippen LogP contribution in [0.2, 0.25) is 5.02 Å². The van der Waals surface area contributed by atoms with Gasteiger partial charge < -0.3 is 15.8 Å². The number of nitrogen functional groups attached to an aromatic ring is 1. The monoisotopic (exact) mass is 212 g/mol. The normalized spacial score (nSPS) is 16.4. The number of hydrogen-bond acceptors (Lipinski definition) is 3. The molecule has 76 valence electrons. The number of nitrogens with one attached hydrogen (secondary N) is 1. The number of benzene rings is 1. The number of ether oxygens (including phenoxy) is 1. The van der Waals surface area contributed by atoms with E-state index >= 15 is 0 Å². The molecule has 2 rings (SSSR count). The van der Waals surface area contributed by atoms with Crippen molar-refractivity contribution in [1.82, 2.24) is 5.32 Å². The van der Waals surface area contributed by atoms with Crippen molar-refractivity contribution in [3.63, 3.8) is 0 Å². The molecule has 1 aliphatic heterocycles. The maximum atomic E-state index is 5.95. The molecule has 0 aliphatic carbocycles. The van der Waals surface area contributed by atoms with Crippen molar-refractivity contribution in [3.8, 4) is 5.75 Å². The quantitative estimate of drug-likeness (QED) is 0.747. The number of anilines is 1. The lowest BCUT2D eigenvalue weighted by Gasteiger charge is -2.26. The molecule has 1 saturated heterocycles. The second-order valence-corrected chi connectivity index (χ2v) is 3.93. The summed E-state index contributed by atoms with van der Waals surface area (Å²) in [6.45, 7) is 2.79. The molecule has 4 heteroatoms. The molecule has 0 bridgehead atoms. The SMILES string of the molecule is Nc1ccc(OCC2CNC2)c(Cl)c1.